The van der Waals surface area contributed by atoms with Gasteiger partial charge in [0.1, 0.15) is 11.9 Å². The summed E-state index contributed by atoms with van der Waals surface area (Å²) in [6.45, 7) is 1.40. The second kappa shape index (κ2) is 7.95. The summed E-state index contributed by atoms with van der Waals surface area (Å²) in [5, 5.41) is 11.5. The fourth-order valence-electron chi connectivity index (χ4n) is 5.40. The molecule has 0 bridgehead atoms. The minimum Gasteiger partial charge on any atom is -0.486 e. The Morgan fingerprint density at radius 3 is 2.39 bits per heavy atom. The summed E-state index contributed by atoms with van der Waals surface area (Å²) in [6.07, 6.45) is 12.5. The molecule has 31 heavy (non-hydrogen) atoms. The van der Waals surface area contributed by atoms with Gasteiger partial charge in [-0.3, -0.25) is 0 Å². The van der Waals surface area contributed by atoms with Crippen LogP contribution in [-0.4, -0.2) is 33.8 Å². The van der Waals surface area contributed by atoms with Gasteiger partial charge in [-0.15, -0.1) is 0 Å². The second-order valence-electron chi connectivity index (χ2n) is 9.55. The number of hydrogen-bond donors (Lipinski definition) is 1. The van der Waals surface area contributed by atoms with E-state index >= 15 is 0 Å². The molecule has 1 aliphatic heterocycles. The molecule has 1 saturated heterocycles. The summed E-state index contributed by atoms with van der Waals surface area (Å²) in [7, 11) is 0. The van der Waals surface area contributed by atoms with Crippen molar-refractivity contribution >= 4 is 5.52 Å². The Morgan fingerprint density at radius 1 is 0.968 bits per heavy atom. The molecule has 0 radical (unpaired) electrons. The first-order valence-electron chi connectivity index (χ1n) is 11.7. The first kappa shape index (κ1) is 19.3. The van der Waals surface area contributed by atoms with Crippen LogP contribution in [0.3, 0.4) is 0 Å². The number of benzene rings is 1. The van der Waals surface area contributed by atoms with E-state index in [9.17, 15) is 5.11 Å². The highest BCUT2D eigenvalue weighted by atomic mass is 16.6. The van der Waals surface area contributed by atoms with Crippen LogP contribution >= 0.6 is 0 Å². The number of fused-ring (bicyclic) bond motifs is 1. The molecular formula is C26H30N2O3. The molecule has 0 spiro atoms. The first-order chi connectivity index (χ1) is 15.3. The highest BCUT2D eigenvalue weighted by Gasteiger charge is 2.34. The average molecular weight is 419 g/mol. The predicted molar refractivity (Wildman–Crippen MR) is 119 cm³/mol. The number of aliphatic hydroxyl groups is 1. The van der Waals surface area contributed by atoms with Gasteiger partial charge in [0.15, 0.2) is 0 Å². The van der Waals surface area contributed by atoms with Gasteiger partial charge in [0.25, 0.3) is 0 Å². The van der Waals surface area contributed by atoms with Crippen LogP contribution in [-0.2, 0) is 4.74 Å². The van der Waals surface area contributed by atoms with Gasteiger partial charge in [-0.05, 0) is 85.6 Å². The molecule has 3 aliphatic rings. The number of hydrogen-bond acceptors (Lipinski definition) is 4. The van der Waals surface area contributed by atoms with Crippen LogP contribution in [0.25, 0.3) is 5.52 Å². The summed E-state index contributed by atoms with van der Waals surface area (Å²) < 4.78 is 13.1. The van der Waals surface area contributed by atoms with Gasteiger partial charge in [-0.2, -0.15) is 0 Å². The Kier molecular flexibility index (Phi) is 4.96. The number of aliphatic hydroxyl groups excluding tert-OH is 1. The Hall–Kier alpha value is -2.37. The van der Waals surface area contributed by atoms with E-state index in [1.54, 1.807) is 0 Å². The van der Waals surface area contributed by atoms with Gasteiger partial charge >= 0.3 is 0 Å². The summed E-state index contributed by atoms with van der Waals surface area (Å²) >= 11 is 0. The Bertz CT molecular complexity index is 1040. The van der Waals surface area contributed by atoms with E-state index in [1.807, 2.05) is 12.5 Å². The molecule has 0 unspecified atom stereocenters. The number of rotatable bonds is 6. The number of imidazole rings is 1. The Labute approximate surface area is 183 Å². The monoisotopic (exact) mass is 418 g/mol. The lowest BCUT2D eigenvalue weighted by atomic mass is 9.75. The zero-order valence-corrected chi connectivity index (χ0v) is 17.8. The number of pyridine rings is 1. The van der Waals surface area contributed by atoms with E-state index in [0.29, 0.717) is 31.0 Å². The fourth-order valence-corrected chi connectivity index (χ4v) is 5.40. The summed E-state index contributed by atoms with van der Waals surface area (Å²) in [5.41, 5.74) is 4.94. The molecule has 5 nitrogen and oxygen atoms in total. The largest absolute Gasteiger partial charge is 0.486 e. The second-order valence-corrected chi connectivity index (χ2v) is 9.55. The molecule has 6 rings (SSSR count). The highest BCUT2D eigenvalue weighted by molar-refractivity contribution is 5.59. The van der Waals surface area contributed by atoms with Gasteiger partial charge in [-0.25, -0.2) is 4.98 Å². The SMILES string of the molecule is O[C@H](c1c(C2CC2)ccn2cncc12)C1CCC(c2ccc(OC3COC3)cc2)CC1. The molecule has 162 valence electrons. The Morgan fingerprint density at radius 2 is 1.71 bits per heavy atom. The smallest absolute Gasteiger partial charge is 0.145 e. The predicted octanol–water partition coefficient (Wildman–Crippen LogP) is 5.00. The van der Waals surface area contributed by atoms with Crippen LogP contribution in [0.5, 0.6) is 5.75 Å². The molecular weight excluding hydrogens is 388 g/mol. The van der Waals surface area contributed by atoms with Crippen LogP contribution in [0.4, 0.5) is 0 Å². The van der Waals surface area contributed by atoms with Crippen molar-refractivity contribution in [2.75, 3.05) is 13.2 Å². The van der Waals surface area contributed by atoms with Gasteiger partial charge < -0.3 is 19.0 Å². The summed E-state index contributed by atoms with van der Waals surface area (Å²) in [5.74, 6) is 2.44. The third-order valence-corrected chi connectivity index (χ3v) is 7.46. The maximum Gasteiger partial charge on any atom is 0.145 e. The highest BCUT2D eigenvalue weighted by Crippen LogP contribution is 2.48. The normalized spacial score (nSPS) is 25.3. The zero-order chi connectivity index (χ0) is 20.8. The van der Waals surface area contributed by atoms with E-state index in [4.69, 9.17) is 9.47 Å². The molecule has 3 fully saturated rings. The van der Waals surface area contributed by atoms with Crippen molar-refractivity contribution in [3.05, 3.63) is 65.7 Å². The third-order valence-electron chi connectivity index (χ3n) is 7.46. The molecule has 3 aromatic rings. The lowest BCUT2D eigenvalue weighted by Gasteiger charge is -2.33. The van der Waals surface area contributed by atoms with E-state index < -0.39 is 6.10 Å². The van der Waals surface area contributed by atoms with Crippen molar-refractivity contribution in [1.82, 2.24) is 9.38 Å². The third kappa shape index (κ3) is 3.74. The lowest BCUT2D eigenvalue weighted by molar-refractivity contribution is -0.0796. The van der Waals surface area contributed by atoms with Crippen LogP contribution in [0.1, 0.15) is 73.2 Å². The number of nitrogens with zero attached hydrogens (tertiary/aromatic N) is 2. The van der Waals surface area contributed by atoms with Crippen molar-refractivity contribution in [3.8, 4) is 5.75 Å². The number of ether oxygens (including phenoxy) is 2. The van der Waals surface area contributed by atoms with Gasteiger partial charge in [0.2, 0.25) is 0 Å². The average Bonchev–Trinajstić information content (AvgIpc) is 3.52. The maximum absolute atomic E-state index is 11.5. The maximum atomic E-state index is 11.5. The summed E-state index contributed by atoms with van der Waals surface area (Å²) in [4.78, 5) is 4.33. The molecule has 1 N–H and O–H groups in total. The molecule has 2 aliphatic carbocycles. The molecule has 5 heteroatoms. The molecule has 1 atom stereocenters. The van der Waals surface area contributed by atoms with E-state index in [-0.39, 0.29) is 6.10 Å². The molecule has 2 aromatic heterocycles. The van der Waals surface area contributed by atoms with Crippen molar-refractivity contribution in [1.29, 1.82) is 0 Å². The molecule has 1 aromatic carbocycles. The summed E-state index contributed by atoms with van der Waals surface area (Å²) in [6, 6.07) is 10.8. The van der Waals surface area contributed by atoms with Crippen molar-refractivity contribution in [2.45, 2.75) is 62.6 Å². The van der Waals surface area contributed by atoms with Crippen LogP contribution < -0.4 is 4.74 Å². The quantitative estimate of drug-likeness (QED) is 0.612. The number of aromatic nitrogens is 2. The van der Waals surface area contributed by atoms with Crippen molar-refractivity contribution in [3.63, 3.8) is 0 Å². The van der Waals surface area contributed by atoms with Crippen molar-refractivity contribution < 1.29 is 14.6 Å². The molecule has 0 amide bonds. The topological polar surface area (TPSA) is 56.0 Å². The minimum atomic E-state index is -0.405. The van der Waals surface area contributed by atoms with Gasteiger partial charge in [0.05, 0.1) is 37.4 Å². The first-order valence-corrected chi connectivity index (χ1v) is 11.7. The van der Waals surface area contributed by atoms with Gasteiger partial charge in [-0.1, -0.05) is 12.1 Å². The van der Waals surface area contributed by atoms with Crippen LogP contribution in [0.2, 0.25) is 0 Å². The van der Waals surface area contributed by atoms with Crippen LogP contribution in [0.15, 0.2) is 49.1 Å². The van der Waals surface area contributed by atoms with Gasteiger partial charge in [0, 0.05) is 11.8 Å². The molecule has 3 heterocycles. The van der Waals surface area contributed by atoms with E-state index in [2.05, 4.69) is 45.9 Å². The molecule has 2 saturated carbocycles. The van der Waals surface area contributed by atoms with E-state index in [1.165, 1.54) is 24.0 Å². The van der Waals surface area contributed by atoms with E-state index in [0.717, 1.165) is 42.5 Å². The Balaban J connectivity index is 1.14. The zero-order valence-electron chi connectivity index (χ0n) is 17.8. The minimum absolute atomic E-state index is 0.212. The van der Waals surface area contributed by atoms with Crippen molar-refractivity contribution in [2.24, 2.45) is 5.92 Å². The standard InChI is InChI=1S/C26H30N2O3/c29-26(25-23(19-3-4-19)11-12-28-16-27-13-24(25)28)20-5-1-17(2-6-20)18-7-9-21(10-8-18)31-22-14-30-15-22/h7-13,16-17,19-20,22,26,29H,1-6,14-15H2/t17?,20?,26-/m0/s1. The van der Waals surface area contributed by atoms with Crippen LogP contribution in [0, 0.1) is 5.92 Å². The fraction of sp³-hybridized carbons (Fsp3) is 0.500. The lowest BCUT2D eigenvalue weighted by Crippen LogP contribution is -2.38.